The Morgan fingerprint density at radius 3 is 2.89 bits per heavy atom. The number of amides is 3. The molecule has 9 nitrogen and oxygen atoms in total. The highest BCUT2D eigenvalue weighted by molar-refractivity contribution is 6.09. The van der Waals surface area contributed by atoms with E-state index in [1.165, 1.54) is 17.9 Å². The maximum atomic E-state index is 12.5. The van der Waals surface area contributed by atoms with Crippen molar-refractivity contribution < 1.29 is 19.4 Å². The number of aromatic nitrogens is 3. The average molecular weight is 365 g/mol. The Balaban J connectivity index is 1.76. The van der Waals surface area contributed by atoms with Gasteiger partial charge in [-0.15, -0.1) is 0 Å². The maximum Gasteiger partial charge on any atom is 0.323 e. The topological polar surface area (TPSA) is 121 Å². The average Bonchev–Trinajstić information content (AvgIpc) is 3.34. The second kappa shape index (κ2) is 6.10. The van der Waals surface area contributed by atoms with Crippen molar-refractivity contribution in [3.63, 3.8) is 0 Å². The number of hydrogen-bond donors (Lipinski definition) is 4. The number of aromatic amines is 1. The van der Waals surface area contributed by atoms with Crippen molar-refractivity contribution in [2.45, 2.75) is 12.1 Å². The van der Waals surface area contributed by atoms with Crippen LogP contribution >= 0.6 is 0 Å². The Morgan fingerprint density at radius 2 is 2.22 bits per heavy atom. The van der Waals surface area contributed by atoms with Crippen LogP contribution in [-0.2, 0) is 11.3 Å². The van der Waals surface area contributed by atoms with Crippen molar-refractivity contribution >= 4 is 22.7 Å². The summed E-state index contributed by atoms with van der Waals surface area (Å²) in [6.45, 7) is -0.0712. The molecule has 0 bridgehead atoms. The predicted molar refractivity (Wildman–Crippen MR) is 95.0 cm³/mol. The molecule has 0 spiro atoms. The van der Waals surface area contributed by atoms with Crippen molar-refractivity contribution in [1.82, 2.24) is 25.4 Å². The number of fused-ring (bicyclic) bond motifs is 1. The van der Waals surface area contributed by atoms with Crippen LogP contribution in [0.4, 0.5) is 4.79 Å². The minimum Gasteiger partial charge on any atom is -0.497 e. The Labute approximate surface area is 153 Å². The van der Waals surface area contributed by atoms with Gasteiger partial charge in [0.25, 0.3) is 5.91 Å². The summed E-state index contributed by atoms with van der Waals surface area (Å²) in [6.07, 6.45) is 4.76. The highest BCUT2D eigenvalue weighted by Crippen LogP contribution is 2.31. The van der Waals surface area contributed by atoms with Crippen LogP contribution in [0.5, 0.6) is 11.6 Å². The zero-order valence-corrected chi connectivity index (χ0v) is 14.2. The summed E-state index contributed by atoms with van der Waals surface area (Å²) in [5.74, 6) is 5.58. The van der Waals surface area contributed by atoms with E-state index in [0.717, 1.165) is 5.39 Å². The van der Waals surface area contributed by atoms with E-state index in [1.54, 1.807) is 30.6 Å². The lowest BCUT2D eigenvalue weighted by Crippen LogP contribution is -2.49. The summed E-state index contributed by atoms with van der Waals surface area (Å²) < 4.78 is 6.65. The van der Waals surface area contributed by atoms with Gasteiger partial charge in [0.05, 0.1) is 25.4 Å². The van der Waals surface area contributed by atoms with Gasteiger partial charge in [0.1, 0.15) is 5.75 Å². The van der Waals surface area contributed by atoms with E-state index >= 15 is 0 Å². The van der Waals surface area contributed by atoms with Gasteiger partial charge in [-0.1, -0.05) is 11.8 Å². The van der Waals surface area contributed by atoms with Gasteiger partial charge in [-0.2, -0.15) is 5.10 Å². The summed E-state index contributed by atoms with van der Waals surface area (Å²) in [7, 11) is 1.54. The third-order valence-corrected chi connectivity index (χ3v) is 4.34. The summed E-state index contributed by atoms with van der Waals surface area (Å²) in [5.41, 5.74) is -0.958. The van der Waals surface area contributed by atoms with Crippen molar-refractivity contribution in [1.29, 1.82) is 0 Å². The molecule has 0 saturated carbocycles. The van der Waals surface area contributed by atoms with Crippen LogP contribution in [-0.4, -0.2) is 44.5 Å². The number of urea groups is 1. The molecule has 1 fully saturated rings. The van der Waals surface area contributed by atoms with Gasteiger partial charge >= 0.3 is 6.03 Å². The third-order valence-electron chi connectivity index (χ3n) is 4.34. The number of hydrogen-bond acceptors (Lipinski definition) is 5. The van der Waals surface area contributed by atoms with Gasteiger partial charge in [-0.05, 0) is 18.2 Å². The molecule has 1 saturated heterocycles. The standard InChI is InChI=1S/C18H15N5O4/c1-27-13-3-2-12-9-23(15(24)14(12)6-13)10-18(16(25)21-17(26)22-18)5-4-11-7-19-20-8-11/h2-3,6-9,24H,10H2,1H3,(H,19,20)(H2,21,22,25,26)/t18-/m1/s1. The molecule has 2 aromatic heterocycles. The molecule has 136 valence electrons. The molecule has 0 unspecified atom stereocenters. The van der Waals surface area contributed by atoms with E-state index in [1.807, 2.05) is 0 Å². The Hall–Kier alpha value is -3.93. The quantitative estimate of drug-likeness (QED) is 0.402. The molecule has 0 radical (unpaired) electrons. The minimum atomic E-state index is -1.52. The van der Waals surface area contributed by atoms with E-state index < -0.39 is 17.5 Å². The summed E-state index contributed by atoms with van der Waals surface area (Å²) >= 11 is 0. The van der Waals surface area contributed by atoms with Crippen LogP contribution in [0.25, 0.3) is 10.8 Å². The van der Waals surface area contributed by atoms with Crippen molar-refractivity contribution in [2.75, 3.05) is 7.11 Å². The maximum absolute atomic E-state index is 12.5. The van der Waals surface area contributed by atoms with Gasteiger partial charge in [-0.3, -0.25) is 15.2 Å². The number of carbonyl (C=O) groups excluding carboxylic acids is 2. The number of ether oxygens (including phenoxy) is 1. The fraction of sp³-hybridized carbons (Fsp3) is 0.167. The van der Waals surface area contributed by atoms with Crippen LogP contribution < -0.4 is 15.4 Å². The molecule has 0 aliphatic carbocycles. The van der Waals surface area contributed by atoms with Crippen LogP contribution in [0.2, 0.25) is 0 Å². The molecule has 1 aliphatic heterocycles. The van der Waals surface area contributed by atoms with Crippen molar-refractivity contribution in [3.8, 4) is 23.5 Å². The summed E-state index contributed by atoms with van der Waals surface area (Å²) in [5, 5.41) is 23.1. The fourth-order valence-corrected chi connectivity index (χ4v) is 2.96. The molecule has 27 heavy (non-hydrogen) atoms. The summed E-state index contributed by atoms with van der Waals surface area (Å²) in [6, 6.07) is 4.61. The number of H-pyrrole nitrogens is 1. The number of carbonyl (C=O) groups is 2. The van der Waals surface area contributed by atoms with Crippen LogP contribution in [0.1, 0.15) is 5.56 Å². The number of nitrogens with one attached hydrogen (secondary N) is 3. The molecule has 3 amide bonds. The van der Waals surface area contributed by atoms with Gasteiger partial charge < -0.3 is 19.7 Å². The Morgan fingerprint density at radius 1 is 1.37 bits per heavy atom. The lowest BCUT2D eigenvalue weighted by molar-refractivity contribution is -0.122. The number of aromatic hydroxyl groups is 1. The van der Waals surface area contributed by atoms with Crippen LogP contribution in [0.15, 0.2) is 36.8 Å². The highest BCUT2D eigenvalue weighted by atomic mass is 16.5. The molecule has 4 N–H and O–H groups in total. The molecular formula is C18H15N5O4. The number of methoxy groups -OCH3 is 1. The Kier molecular flexibility index (Phi) is 3.74. The number of nitrogens with zero attached hydrogens (tertiary/aromatic N) is 2. The second-order valence-electron chi connectivity index (χ2n) is 6.08. The Bertz CT molecular complexity index is 1110. The second-order valence-corrected chi connectivity index (χ2v) is 6.08. The van der Waals surface area contributed by atoms with Gasteiger partial charge in [0.2, 0.25) is 5.54 Å². The first-order chi connectivity index (χ1) is 13.0. The van der Waals surface area contributed by atoms with Gasteiger partial charge in [0.15, 0.2) is 5.88 Å². The molecule has 3 heterocycles. The van der Waals surface area contributed by atoms with E-state index in [9.17, 15) is 14.7 Å². The smallest absolute Gasteiger partial charge is 0.323 e. The van der Waals surface area contributed by atoms with E-state index in [-0.39, 0.29) is 12.4 Å². The first-order valence-corrected chi connectivity index (χ1v) is 8.02. The third kappa shape index (κ3) is 2.83. The fourth-order valence-electron chi connectivity index (χ4n) is 2.96. The monoisotopic (exact) mass is 365 g/mol. The first-order valence-electron chi connectivity index (χ1n) is 8.02. The first kappa shape index (κ1) is 16.5. The van der Waals surface area contributed by atoms with E-state index in [2.05, 4.69) is 32.7 Å². The molecule has 1 atom stereocenters. The highest BCUT2D eigenvalue weighted by Gasteiger charge is 2.46. The lowest BCUT2D eigenvalue weighted by atomic mass is 10.00. The molecule has 1 aromatic carbocycles. The molecule has 9 heteroatoms. The number of benzene rings is 1. The molecular weight excluding hydrogens is 350 g/mol. The van der Waals surface area contributed by atoms with Crippen molar-refractivity contribution in [3.05, 3.63) is 42.4 Å². The van der Waals surface area contributed by atoms with E-state index in [0.29, 0.717) is 16.7 Å². The van der Waals surface area contributed by atoms with Crippen LogP contribution in [0, 0.1) is 11.8 Å². The SMILES string of the molecule is COc1ccc2cn(C[C@@]3(C#Cc4cn[nH]c4)NC(=O)NC3=O)c(O)c2c1. The molecule has 4 rings (SSSR count). The van der Waals surface area contributed by atoms with Gasteiger partial charge in [0, 0.05) is 23.2 Å². The minimum absolute atomic E-state index is 0.0534. The van der Waals surface area contributed by atoms with Crippen LogP contribution in [0.3, 0.4) is 0 Å². The number of imide groups is 1. The summed E-state index contributed by atoms with van der Waals surface area (Å²) in [4.78, 5) is 24.2. The zero-order valence-electron chi connectivity index (χ0n) is 14.2. The predicted octanol–water partition coefficient (Wildman–Crippen LogP) is 0.709. The molecule has 1 aliphatic rings. The molecule has 3 aromatic rings. The number of rotatable bonds is 3. The largest absolute Gasteiger partial charge is 0.497 e. The van der Waals surface area contributed by atoms with Gasteiger partial charge in [-0.25, -0.2) is 4.79 Å². The van der Waals surface area contributed by atoms with Crippen molar-refractivity contribution in [2.24, 2.45) is 0 Å². The van der Waals surface area contributed by atoms with E-state index in [4.69, 9.17) is 4.74 Å². The lowest BCUT2D eigenvalue weighted by Gasteiger charge is -2.20. The normalized spacial score (nSPS) is 18.7. The zero-order chi connectivity index (χ0) is 19.0.